The summed E-state index contributed by atoms with van der Waals surface area (Å²) in [6.45, 7) is 0. The summed E-state index contributed by atoms with van der Waals surface area (Å²) < 4.78 is 0. The van der Waals surface area contributed by atoms with E-state index in [0.29, 0.717) is 25.7 Å². The molecule has 0 aliphatic heterocycles. The van der Waals surface area contributed by atoms with Crippen LogP contribution in [0.1, 0.15) is 51.4 Å². The van der Waals surface area contributed by atoms with E-state index in [1.165, 1.54) is 0 Å². The Morgan fingerprint density at radius 2 is 0.909 bits per heavy atom. The Labute approximate surface area is 140 Å². The molecule has 0 heterocycles. The molecular formula is C16H22Cl2O4. The lowest BCUT2D eigenvalue weighted by atomic mass is 9.75. The van der Waals surface area contributed by atoms with Crippen LogP contribution in [0.4, 0.5) is 0 Å². The Morgan fingerprint density at radius 1 is 0.636 bits per heavy atom. The molecule has 0 aromatic rings. The van der Waals surface area contributed by atoms with Crippen LogP contribution < -0.4 is 0 Å². The van der Waals surface area contributed by atoms with Crippen LogP contribution in [0.15, 0.2) is 11.1 Å². The van der Waals surface area contributed by atoms with Crippen LogP contribution in [-0.4, -0.2) is 32.9 Å². The van der Waals surface area contributed by atoms with E-state index in [-0.39, 0.29) is 33.7 Å². The molecule has 6 heteroatoms. The standard InChI is InChI=1S/C16H22Cl2O4/c17-11-5-1-9(2-6-11)13(15(19)20)14(16(21)22)10-3-7-12(18)8-4-10/h9-12H,1-8H2,(H,19,20)(H,21,22). The first-order chi connectivity index (χ1) is 10.4. The number of alkyl halides is 2. The highest BCUT2D eigenvalue weighted by Crippen LogP contribution is 2.39. The molecule has 2 saturated carbocycles. The third kappa shape index (κ3) is 4.17. The van der Waals surface area contributed by atoms with E-state index in [1.807, 2.05) is 0 Å². The molecule has 2 N–H and O–H groups in total. The van der Waals surface area contributed by atoms with Gasteiger partial charge in [0.25, 0.3) is 0 Å². The minimum Gasteiger partial charge on any atom is -0.478 e. The van der Waals surface area contributed by atoms with Crippen LogP contribution in [0, 0.1) is 11.8 Å². The lowest BCUT2D eigenvalue weighted by molar-refractivity contribution is -0.137. The van der Waals surface area contributed by atoms with Crippen molar-refractivity contribution in [3.8, 4) is 0 Å². The van der Waals surface area contributed by atoms with Crippen LogP contribution in [0.25, 0.3) is 0 Å². The molecule has 4 nitrogen and oxygen atoms in total. The molecule has 0 saturated heterocycles. The zero-order valence-corrected chi connectivity index (χ0v) is 13.9. The van der Waals surface area contributed by atoms with Gasteiger partial charge in [-0.25, -0.2) is 9.59 Å². The molecule has 0 radical (unpaired) electrons. The molecule has 2 rings (SSSR count). The van der Waals surface area contributed by atoms with E-state index in [9.17, 15) is 19.8 Å². The maximum absolute atomic E-state index is 11.8. The number of hydrogen-bond acceptors (Lipinski definition) is 2. The lowest BCUT2D eigenvalue weighted by Gasteiger charge is -2.30. The van der Waals surface area contributed by atoms with Crippen LogP contribution in [0.3, 0.4) is 0 Å². The summed E-state index contributed by atoms with van der Waals surface area (Å²) in [4.78, 5) is 23.5. The average molecular weight is 349 g/mol. The van der Waals surface area contributed by atoms with Crippen molar-refractivity contribution in [1.82, 2.24) is 0 Å². The van der Waals surface area contributed by atoms with E-state index >= 15 is 0 Å². The van der Waals surface area contributed by atoms with Gasteiger partial charge >= 0.3 is 11.9 Å². The van der Waals surface area contributed by atoms with Gasteiger partial charge in [-0.15, -0.1) is 23.2 Å². The summed E-state index contributed by atoms with van der Waals surface area (Å²) in [5.74, 6) is -2.59. The number of hydrogen-bond donors (Lipinski definition) is 2. The maximum Gasteiger partial charge on any atom is 0.332 e. The van der Waals surface area contributed by atoms with E-state index in [2.05, 4.69) is 0 Å². The molecular weight excluding hydrogens is 327 g/mol. The van der Waals surface area contributed by atoms with Gasteiger partial charge in [-0.2, -0.15) is 0 Å². The smallest absolute Gasteiger partial charge is 0.332 e. The number of halogens is 2. The largest absolute Gasteiger partial charge is 0.478 e. The molecule has 2 aliphatic carbocycles. The molecule has 0 unspecified atom stereocenters. The van der Waals surface area contributed by atoms with Crippen LogP contribution in [0.5, 0.6) is 0 Å². The molecule has 0 spiro atoms. The lowest BCUT2D eigenvalue weighted by Crippen LogP contribution is -2.28. The van der Waals surface area contributed by atoms with Crippen LogP contribution in [-0.2, 0) is 9.59 Å². The van der Waals surface area contributed by atoms with Crippen molar-refractivity contribution in [3.05, 3.63) is 11.1 Å². The second-order valence-corrected chi connectivity index (χ2v) is 7.57. The summed E-state index contributed by atoms with van der Waals surface area (Å²) in [7, 11) is 0. The summed E-state index contributed by atoms with van der Waals surface area (Å²) in [5, 5.41) is 19.4. The first-order valence-electron chi connectivity index (χ1n) is 7.89. The number of aliphatic carboxylic acids is 2. The van der Waals surface area contributed by atoms with Crippen molar-refractivity contribution < 1.29 is 19.8 Å². The molecule has 0 amide bonds. The third-order valence-electron chi connectivity index (χ3n) is 4.88. The van der Waals surface area contributed by atoms with Crippen molar-refractivity contribution in [3.63, 3.8) is 0 Å². The second kappa shape index (κ2) is 7.69. The highest BCUT2D eigenvalue weighted by Gasteiger charge is 2.35. The van der Waals surface area contributed by atoms with Gasteiger partial charge in [-0.3, -0.25) is 0 Å². The van der Waals surface area contributed by atoms with Crippen molar-refractivity contribution in [2.75, 3.05) is 0 Å². The minimum absolute atomic E-state index is 0.0752. The SMILES string of the molecule is O=C(O)C(=C(C(=O)O)C1CCC(Cl)CC1)C1CCC(Cl)CC1. The number of carboxylic acids is 2. The topological polar surface area (TPSA) is 74.6 Å². The highest BCUT2D eigenvalue weighted by atomic mass is 35.5. The van der Waals surface area contributed by atoms with E-state index in [1.54, 1.807) is 0 Å². The Bertz CT molecular complexity index is 417. The molecule has 0 aromatic heterocycles. The van der Waals surface area contributed by atoms with Gasteiger partial charge in [-0.1, -0.05) is 0 Å². The summed E-state index contributed by atoms with van der Waals surface area (Å²) >= 11 is 12.2. The summed E-state index contributed by atoms with van der Waals surface area (Å²) in [6, 6.07) is 0. The zero-order valence-electron chi connectivity index (χ0n) is 12.4. The molecule has 22 heavy (non-hydrogen) atoms. The molecule has 0 atom stereocenters. The Morgan fingerprint density at radius 3 is 1.14 bits per heavy atom. The zero-order chi connectivity index (χ0) is 16.3. The molecule has 2 fully saturated rings. The quantitative estimate of drug-likeness (QED) is 0.593. The fourth-order valence-corrected chi connectivity index (χ4v) is 4.21. The van der Waals surface area contributed by atoms with Crippen molar-refractivity contribution >= 4 is 35.1 Å². The minimum atomic E-state index is -1.09. The van der Waals surface area contributed by atoms with Gasteiger partial charge < -0.3 is 10.2 Å². The van der Waals surface area contributed by atoms with Crippen molar-refractivity contribution in [2.24, 2.45) is 11.8 Å². The predicted molar refractivity (Wildman–Crippen MR) is 85.5 cm³/mol. The van der Waals surface area contributed by atoms with Crippen LogP contribution >= 0.6 is 23.2 Å². The fraction of sp³-hybridized carbons (Fsp3) is 0.750. The average Bonchev–Trinajstić information content (AvgIpc) is 2.46. The van der Waals surface area contributed by atoms with Crippen molar-refractivity contribution in [1.29, 1.82) is 0 Å². The van der Waals surface area contributed by atoms with Gasteiger partial charge in [0.05, 0.1) is 11.1 Å². The third-order valence-corrected chi connectivity index (χ3v) is 5.75. The first-order valence-corrected chi connectivity index (χ1v) is 8.76. The molecule has 0 bridgehead atoms. The number of carbonyl (C=O) groups is 2. The Balaban J connectivity index is 2.31. The monoisotopic (exact) mass is 348 g/mol. The van der Waals surface area contributed by atoms with Crippen LogP contribution in [0.2, 0.25) is 0 Å². The van der Waals surface area contributed by atoms with Gasteiger partial charge in [-0.05, 0) is 63.2 Å². The van der Waals surface area contributed by atoms with E-state index in [0.717, 1.165) is 25.7 Å². The Kier molecular flexibility index (Phi) is 6.16. The fourth-order valence-electron chi connectivity index (χ4n) is 3.70. The van der Waals surface area contributed by atoms with E-state index < -0.39 is 11.9 Å². The van der Waals surface area contributed by atoms with Crippen molar-refractivity contribution in [2.45, 2.75) is 62.1 Å². The summed E-state index contributed by atoms with van der Waals surface area (Å²) in [5.41, 5.74) is 0.211. The van der Waals surface area contributed by atoms with Gasteiger partial charge in [0.15, 0.2) is 0 Å². The number of carboxylic acid groups (broad SMARTS) is 2. The van der Waals surface area contributed by atoms with E-state index in [4.69, 9.17) is 23.2 Å². The second-order valence-electron chi connectivity index (χ2n) is 6.34. The normalized spacial score (nSPS) is 33.9. The highest BCUT2D eigenvalue weighted by molar-refractivity contribution is 6.20. The molecule has 2 aliphatic rings. The van der Waals surface area contributed by atoms with Gasteiger partial charge in [0.1, 0.15) is 0 Å². The van der Waals surface area contributed by atoms with Gasteiger partial charge in [0, 0.05) is 10.8 Å². The van der Waals surface area contributed by atoms with Gasteiger partial charge in [0.2, 0.25) is 0 Å². The molecule has 0 aromatic carbocycles. The number of rotatable bonds is 4. The predicted octanol–water partition coefficient (Wildman–Crippen LogP) is 4.05. The Hall–Kier alpha value is -0.740. The molecule has 124 valence electrons. The maximum atomic E-state index is 11.8. The first kappa shape index (κ1) is 17.6. The summed E-state index contributed by atoms with van der Waals surface area (Å²) in [6.07, 6.45) is 5.56.